The first-order valence-corrected chi connectivity index (χ1v) is 16.3. The Kier molecular flexibility index (Phi) is 10.6. The molecule has 5 rings (SSSR count). The third-order valence-corrected chi connectivity index (χ3v) is 8.78. The van der Waals surface area contributed by atoms with Crippen LogP contribution in [0, 0.1) is 0 Å². The summed E-state index contributed by atoms with van der Waals surface area (Å²) in [5.41, 5.74) is 2.91. The second-order valence-corrected chi connectivity index (χ2v) is 13.5. The minimum atomic E-state index is -4.56. The number of esters is 1. The molecular weight excluding hydrogens is 607 g/mol. The number of hydrogen-bond donors (Lipinski definition) is 1. The molecule has 0 atom stereocenters. The van der Waals surface area contributed by atoms with Gasteiger partial charge in [-0.1, -0.05) is 24.3 Å². The summed E-state index contributed by atoms with van der Waals surface area (Å²) >= 11 is 0. The maximum atomic E-state index is 13.8. The Bertz CT molecular complexity index is 1550. The van der Waals surface area contributed by atoms with E-state index in [1.807, 2.05) is 51.1 Å². The van der Waals surface area contributed by atoms with Gasteiger partial charge in [0.15, 0.2) is 0 Å². The number of carbonyl (C=O) groups excluding carboxylic acids is 2. The van der Waals surface area contributed by atoms with E-state index in [2.05, 4.69) is 15.1 Å². The molecule has 47 heavy (non-hydrogen) atoms. The van der Waals surface area contributed by atoms with Crippen molar-refractivity contribution in [2.24, 2.45) is 0 Å². The van der Waals surface area contributed by atoms with E-state index in [-0.39, 0.29) is 17.6 Å². The Morgan fingerprint density at radius 1 is 0.872 bits per heavy atom. The number of methoxy groups -OCH3 is 1. The third-order valence-electron chi connectivity index (χ3n) is 8.78. The molecular formula is C37H44F3N3O4. The number of nitrogens with one attached hydrogen (secondary N) is 1. The molecule has 2 heterocycles. The molecule has 7 nitrogen and oxygen atoms in total. The molecule has 2 aliphatic heterocycles. The second kappa shape index (κ2) is 14.5. The van der Waals surface area contributed by atoms with Crippen LogP contribution >= 0.6 is 0 Å². The van der Waals surface area contributed by atoms with E-state index in [0.717, 1.165) is 69.1 Å². The first-order valence-electron chi connectivity index (χ1n) is 16.3. The Morgan fingerprint density at radius 2 is 1.55 bits per heavy atom. The largest absolute Gasteiger partial charge is 0.496 e. The number of amides is 1. The zero-order chi connectivity index (χ0) is 33.8. The summed E-state index contributed by atoms with van der Waals surface area (Å²) in [4.78, 5) is 29.9. The van der Waals surface area contributed by atoms with Crippen LogP contribution in [0.1, 0.15) is 79.4 Å². The van der Waals surface area contributed by atoms with Crippen molar-refractivity contribution in [3.05, 3.63) is 82.9 Å². The monoisotopic (exact) mass is 651 g/mol. The van der Waals surface area contributed by atoms with Gasteiger partial charge in [0.2, 0.25) is 0 Å². The fraction of sp³-hybridized carbons (Fsp3) is 0.459. The molecule has 252 valence electrons. The number of anilines is 1. The molecule has 0 spiro atoms. The molecule has 10 heteroatoms. The van der Waals surface area contributed by atoms with Gasteiger partial charge in [-0.25, -0.2) is 0 Å². The molecule has 0 aliphatic carbocycles. The van der Waals surface area contributed by atoms with Crippen molar-refractivity contribution < 1.29 is 32.2 Å². The number of rotatable bonds is 9. The van der Waals surface area contributed by atoms with E-state index < -0.39 is 17.3 Å². The van der Waals surface area contributed by atoms with Gasteiger partial charge in [-0.05, 0) is 137 Å². The van der Waals surface area contributed by atoms with E-state index in [1.165, 1.54) is 13.2 Å². The molecule has 0 radical (unpaired) electrons. The zero-order valence-corrected chi connectivity index (χ0v) is 27.6. The summed E-state index contributed by atoms with van der Waals surface area (Å²) in [6.45, 7) is 9.90. The maximum absolute atomic E-state index is 13.8. The number of nitrogens with zero attached hydrogens (tertiary/aromatic N) is 2. The van der Waals surface area contributed by atoms with Gasteiger partial charge in [0.1, 0.15) is 11.4 Å². The minimum absolute atomic E-state index is 0.208. The van der Waals surface area contributed by atoms with Crippen LogP contribution in [0.15, 0.2) is 60.7 Å². The third kappa shape index (κ3) is 9.14. The predicted octanol–water partition coefficient (Wildman–Crippen LogP) is 7.75. The van der Waals surface area contributed by atoms with E-state index in [0.29, 0.717) is 41.4 Å². The normalized spacial score (nSPS) is 16.7. The number of alkyl halides is 3. The van der Waals surface area contributed by atoms with Crippen molar-refractivity contribution in [1.82, 2.24) is 9.80 Å². The quantitative estimate of drug-likeness (QED) is 0.239. The summed E-state index contributed by atoms with van der Waals surface area (Å²) in [5, 5.41) is 2.99. The Morgan fingerprint density at radius 3 is 2.17 bits per heavy atom. The van der Waals surface area contributed by atoms with Gasteiger partial charge in [-0.3, -0.25) is 19.4 Å². The van der Waals surface area contributed by atoms with E-state index in [9.17, 15) is 22.8 Å². The minimum Gasteiger partial charge on any atom is -0.496 e. The molecule has 2 saturated heterocycles. The first kappa shape index (κ1) is 34.4. The van der Waals surface area contributed by atoms with Crippen LogP contribution in [-0.4, -0.2) is 67.1 Å². The highest BCUT2D eigenvalue weighted by Gasteiger charge is 2.35. The van der Waals surface area contributed by atoms with Crippen molar-refractivity contribution in [3.8, 4) is 16.9 Å². The predicted molar refractivity (Wildman–Crippen MR) is 177 cm³/mol. The molecule has 2 aliphatic rings. The van der Waals surface area contributed by atoms with E-state index in [4.69, 9.17) is 9.47 Å². The maximum Gasteiger partial charge on any atom is 0.419 e. The van der Waals surface area contributed by atoms with Gasteiger partial charge in [0, 0.05) is 17.8 Å². The van der Waals surface area contributed by atoms with Gasteiger partial charge in [0.25, 0.3) is 5.91 Å². The molecule has 0 bridgehead atoms. The summed E-state index contributed by atoms with van der Waals surface area (Å²) < 4.78 is 51.9. The van der Waals surface area contributed by atoms with Crippen LogP contribution in [0.2, 0.25) is 0 Å². The number of piperidine rings is 1. The topological polar surface area (TPSA) is 71.1 Å². The van der Waals surface area contributed by atoms with Gasteiger partial charge in [-0.15, -0.1) is 0 Å². The smallest absolute Gasteiger partial charge is 0.419 e. The molecule has 2 fully saturated rings. The van der Waals surface area contributed by atoms with Gasteiger partial charge in [0.05, 0.1) is 19.2 Å². The van der Waals surface area contributed by atoms with Crippen molar-refractivity contribution in [2.75, 3.05) is 45.2 Å². The first-order chi connectivity index (χ1) is 22.3. The second-order valence-electron chi connectivity index (χ2n) is 13.5. The van der Waals surface area contributed by atoms with Crippen molar-refractivity contribution >= 4 is 17.6 Å². The molecule has 3 aromatic carbocycles. The number of ether oxygens (including phenoxy) is 2. The zero-order valence-electron chi connectivity index (χ0n) is 27.6. The number of halogens is 3. The van der Waals surface area contributed by atoms with Crippen LogP contribution in [0.25, 0.3) is 11.1 Å². The lowest BCUT2D eigenvalue weighted by Gasteiger charge is -2.32. The van der Waals surface area contributed by atoms with Crippen LogP contribution in [0.3, 0.4) is 0 Å². The van der Waals surface area contributed by atoms with E-state index in [1.54, 1.807) is 18.2 Å². The van der Waals surface area contributed by atoms with Crippen LogP contribution < -0.4 is 10.1 Å². The summed E-state index contributed by atoms with van der Waals surface area (Å²) in [6.07, 6.45) is -0.571. The van der Waals surface area contributed by atoms with Crippen LogP contribution in [0.4, 0.5) is 18.9 Å². The number of likely N-dealkylation sites (tertiary alicyclic amines) is 2. The standard InChI is InChI=1S/C37H44F3N3O4/c1-36(2,3)47-34(44)24-43-19-15-26(16-20-43)25-7-9-27(10-8-25)35(45)41-30-12-13-31(29(21-30)23-42-17-5-6-18-42)28-11-14-33(46-4)32(22-28)37(38,39)40/h7-14,21-22,26H,5-6,15-20,23-24H2,1-4H3,(H,41,45). The molecule has 0 saturated carbocycles. The summed E-state index contributed by atoms with van der Waals surface area (Å²) in [6, 6.07) is 17.1. The molecule has 1 amide bonds. The van der Waals surface area contributed by atoms with Crippen molar-refractivity contribution in [2.45, 2.75) is 70.7 Å². The summed E-state index contributed by atoms with van der Waals surface area (Å²) in [5.74, 6) is -0.341. The Labute approximate surface area is 275 Å². The number of benzene rings is 3. The van der Waals surface area contributed by atoms with Crippen LogP contribution in [-0.2, 0) is 22.3 Å². The molecule has 1 N–H and O–H groups in total. The number of hydrogen-bond acceptors (Lipinski definition) is 6. The molecule has 0 unspecified atom stereocenters. The van der Waals surface area contributed by atoms with Gasteiger partial charge >= 0.3 is 12.1 Å². The SMILES string of the molecule is COc1ccc(-c2ccc(NC(=O)c3ccc(C4CCN(CC(=O)OC(C)(C)C)CC4)cc3)cc2CN2CCCC2)cc1C(F)(F)F. The van der Waals surface area contributed by atoms with Crippen molar-refractivity contribution in [3.63, 3.8) is 0 Å². The Hall–Kier alpha value is -3.89. The van der Waals surface area contributed by atoms with Gasteiger partial charge < -0.3 is 14.8 Å². The molecule has 3 aromatic rings. The van der Waals surface area contributed by atoms with Crippen molar-refractivity contribution in [1.29, 1.82) is 0 Å². The van der Waals surface area contributed by atoms with Crippen LogP contribution in [0.5, 0.6) is 5.75 Å². The number of carbonyl (C=O) groups is 2. The average molecular weight is 652 g/mol. The lowest BCUT2D eigenvalue weighted by molar-refractivity contribution is -0.156. The lowest BCUT2D eigenvalue weighted by Crippen LogP contribution is -2.39. The van der Waals surface area contributed by atoms with E-state index >= 15 is 0 Å². The van der Waals surface area contributed by atoms with Gasteiger partial charge in [-0.2, -0.15) is 13.2 Å². The average Bonchev–Trinajstić information content (AvgIpc) is 3.53. The fourth-order valence-electron chi connectivity index (χ4n) is 6.45. The summed E-state index contributed by atoms with van der Waals surface area (Å²) in [7, 11) is 1.23. The highest BCUT2D eigenvalue weighted by molar-refractivity contribution is 6.04. The molecule has 0 aromatic heterocycles. The highest BCUT2D eigenvalue weighted by atomic mass is 19.4. The Balaban J connectivity index is 1.26. The highest BCUT2D eigenvalue weighted by Crippen LogP contribution is 2.40. The fourth-order valence-corrected chi connectivity index (χ4v) is 6.45. The lowest BCUT2D eigenvalue weighted by atomic mass is 9.89.